The molecule has 1 N–H and O–H groups in total. The first kappa shape index (κ1) is 15.1. The van der Waals surface area contributed by atoms with Crippen LogP contribution in [0.2, 0.25) is 0 Å². The van der Waals surface area contributed by atoms with Crippen LogP contribution in [0.25, 0.3) is 0 Å². The van der Waals surface area contributed by atoms with Gasteiger partial charge in [-0.3, -0.25) is 4.79 Å². The number of benzene rings is 1. The molecule has 1 aromatic rings. The standard InChI is InChI=1S/C12H11F2NO3S2/c13-8-2-1-7(3-9(8)14)20-5-11(16)15-6-19-4-10(15)12(17)18/h1-3,10H,4-6H2,(H,17,18)/t10-/m0/s1. The molecular weight excluding hydrogens is 308 g/mol. The minimum absolute atomic E-state index is 0.00455. The molecule has 0 bridgehead atoms. The van der Waals surface area contributed by atoms with E-state index in [1.807, 2.05) is 0 Å². The number of hydrogen-bond donors (Lipinski definition) is 1. The highest BCUT2D eigenvalue weighted by Gasteiger charge is 2.34. The summed E-state index contributed by atoms with van der Waals surface area (Å²) in [4.78, 5) is 24.6. The summed E-state index contributed by atoms with van der Waals surface area (Å²) in [7, 11) is 0. The van der Waals surface area contributed by atoms with Crippen molar-refractivity contribution in [1.29, 1.82) is 0 Å². The van der Waals surface area contributed by atoms with Crippen LogP contribution in [-0.2, 0) is 9.59 Å². The SMILES string of the molecule is O=C(O)[C@@H]1CSCN1C(=O)CSc1ccc(F)c(F)c1. The van der Waals surface area contributed by atoms with Crippen molar-refractivity contribution in [2.24, 2.45) is 0 Å². The number of amides is 1. The Balaban J connectivity index is 1.94. The highest BCUT2D eigenvalue weighted by molar-refractivity contribution is 8.00. The van der Waals surface area contributed by atoms with Crippen molar-refractivity contribution in [1.82, 2.24) is 4.90 Å². The summed E-state index contributed by atoms with van der Waals surface area (Å²) in [6.07, 6.45) is 0. The van der Waals surface area contributed by atoms with Crippen molar-refractivity contribution in [3.05, 3.63) is 29.8 Å². The zero-order valence-corrected chi connectivity index (χ0v) is 11.8. The van der Waals surface area contributed by atoms with Gasteiger partial charge in [-0.05, 0) is 18.2 Å². The molecule has 20 heavy (non-hydrogen) atoms. The van der Waals surface area contributed by atoms with Gasteiger partial charge in [-0.2, -0.15) is 0 Å². The van der Waals surface area contributed by atoms with Crippen molar-refractivity contribution in [3.63, 3.8) is 0 Å². The van der Waals surface area contributed by atoms with E-state index in [9.17, 15) is 18.4 Å². The van der Waals surface area contributed by atoms with Gasteiger partial charge in [0.15, 0.2) is 11.6 Å². The number of halogens is 2. The molecule has 1 amide bonds. The van der Waals surface area contributed by atoms with Crippen LogP contribution >= 0.6 is 23.5 Å². The van der Waals surface area contributed by atoms with E-state index in [4.69, 9.17) is 5.11 Å². The molecule has 0 radical (unpaired) electrons. The number of carbonyl (C=O) groups excluding carboxylic acids is 1. The molecule has 0 saturated carbocycles. The molecule has 1 aromatic carbocycles. The zero-order valence-electron chi connectivity index (χ0n) is 10.2. The lowest BCUT2D eigenvalue weighted by Crippen LogP contribution is -2.42. The molecular formula is C12H11F2NO3S2. The monoisotopic (exact) mass is 319 g/mol. The maximum atomic E-state index is 13.0. The fraction of sp³-hybridized carbons (Fsp3) is 0.333. The average molecular weight is 319 g/mol. The second-order valence-corrected chi connectivity index (χ2v) is 6.13. The lowest BCUT2D eigenvalue weighted by molar-refractivity contribution is -0.146. The Morgan fingerprint density at radius 1 is 1.40 bits per heavy atom. The van der Waals surface area contributed by atoms with Gasteiger partial charge < -0.3 is 10.0 Å². The molecule has 1 heterocycles. The summed E-state index contributed by atoms with van der Waals surface area (Å²) in [5.74, 6) is -2.55. The predicted octanol–water partition coefficient (Wildman–Crippen LogP) is 2.04. The van der Waals surface area contributed by atoms with Gasteiger partial charge in [0.05, 0.1) is 11.6 Å². The first-order valence-electron chi connectivity index (χ1n) is 5.67. The molecule has 8 heteroatoms. The molecule has 0 aromatic heterocycles. The lowest BCUT2D eigenvalue weighted by atomic mass is 10.3. The molecule has 4 nitrogen and oxygen atoms in total. The minimum atomic E-state index is -1.03. The van der Waals surface area contributed by atoms with E-state index in [0.717, 1.165) is 23.9 Å². The topological polar surface area (TPSA) is 57.6 Å². The van der Waals surface area contributed by atoms with Crippen molar-refractivity contribution >= 4 is 35.4 Å². The summed E-state index contributed by atoms with van der Waals surface area (Å²) in [5.41, 5.74) is 0. The fourth-order valence-electron chi connectivity index (χ4n) is 1.69. The van der Waals surface area contributed by atoms with Gasteiger partial charge in [0, 0.05) is 10.6 Å². The Morgan fingerprint density at radius 2 is 2.15 bits per heavy atom. The van der Waals surface area contributed by atoms with Crippen LogP contribution in [0.1, 0.15) is 0 Å². The van der Waals surface area contributed by atoms with Gasteiger partial charge in [-0.15, -0.1) is 23.5 Å². The third-order valence-electron chi connectivity index (χ3n) is 2.74. The first-order valence-corrected chi connectivity index (χ1v) is 7.81. The highest BCUT2D eigenvalue weighted by atomic mass is 32.2. The van der Waals surface area contributed by atoms with E-state index < -0.39 is 23.6 Å². The van der Waals surface area contributed by atoms with Crippen LogP contribution < -0.4 is 0 Å². The summed E-state index contributed by atoms with van der Waals surface area (Å²) in [6.45, 7) is 0. The molecule has 1 fully saturated rings. The second-order valence-electron chi connectivity index (χ2n) is 4.08. The van der Waals surface area contributed by atoms with Crippen molar-refractivity contribution in [2.75, 3.05) is 17.4 Å². The lowest BCUT2D eigenvalue weighted by Gasteiger charge is -2.20. The zero-order chi connectivity index (χ0) is 14.7. The molecule has 108 valence electrons. The quantitative estimate of drug-likeness (QED) is 0.861. The van der Waals surface area contributed by atoms with E-state index in [2.05, 4.69) is 0 Å². The Bertz CT molecular complexity index is 541. The third kappa shape index (κ3) is 3.43. The maximum Gasteiger partial charge on any atom is 0.327 e. The molecule has 0 aliphatic carbocycles. The summed E-state index contributed by atoms with van der Waals surface area (Å²) in [6, 6.07) is 2.58. The number of carboxylic acids is 1. The normalized spacial score (nSPS) is 18.3. The fourth-order valence-corrected chi connectivity index (χ4v) is 3.67. The smallest absolute Gasteiger partial charge is 0.327 e. The van der Waals surface area contributed by atoms with E-state index in [-0.39, 0.29) is 11.7 Å². The number of thioether (sulfide) groups is 2. The van der Waals surface area contributed by atoms with Crippen molar-refractivity contribution < 1.29 is 23.5 Å². The van der Waals surface area contributed by atoms with Gasteiger partial charge in [0.1, 0.15) is 6.04 Å². The van der Waals surface area contributed by atoms with E-state index in [1.165, 1.54) is 22.7 Å². The molecule has 0 unspecified atom stereocenters. The van der Waals surface area contributed by atoms with Gasteiger partial charge in [-0.25, -0.2) is 13.6 Å². The maximum absolute atomic E-state index is 13.0. The number of carboxylic acid groups (broad SMARTS) is 1. The Hall–Kier alpha value is -1.28. The Morgan fingerprint density at radius 3 is 2.80 bits per heavy atom. The molecule has 1 atom stereocenters. The first-order chi connectivity index (χ1) is 9.49. The van der Waals surface area contributed by atoms with E-state index in [1.54, 1.807) is 0 Å². The summed E-state index contributed by atoms with van der Waals surface area (Å²) in [5, 5.41) is 8.98. The Labute approximate surface area is 122 Å². The molecule has 2 rings (SSSR count). The van der Waals surface area contributed by atoms with Crippen LogP contribution in [0.5, 0.6) is 0 Å². The number of carbonyl (C=O) groups is 2. The van der Waals surface area contributed by atoms with Gasteiger partial charge in [-0.1, -0.05) is 0 Å². The minimum Gasteiger partial charge on any atom is -0.480 e. The van der Waals surface area contributed by atoms with E-state index >= 15 is 0 Å². The third-order valence-corrected chi connectivity index (χ3v) is 4.73. The summed E-state index contributed by atoms with van der Waals surface area (Å²) >= 11 is 2.43. The van der Waals surface area contributed by atoms with Crippen LogP contribution in [0.4, 0.5) is 8.78 Å². The molecule has 1 saturated heterocycles. The van der Waals surface area contributed by atoms with Crippen LogP contribution in [0, 0.1) is 11.6 Å². The predicted molar refractivity (Wildman–Crippen MR) is 72.7 cm³/mol. The number of nitrogens with zero attached hydrogens (tertiary/aromatic N) is 1. The molecule has 1 aliphatic heterocycles. The highest BCUT2D eigenvalue weighted by Crippen LogP contribution is 2.25. The average Bonchev–Trinajstić information content (AvgIpc) is 2.89. The van der Waals surface area contributed by atoms with Gasteiger partial charge in [0.25, 0.3) is 0 Å². The number of rotatable bonds is 4. The Kier molecular flexibility index (Phi) is 4.87. The molecule has 1 aliphatic rings. The van der Waals surface area contributed by atoms with Crippen molar-refractivity contribution in [3.8, 4) is 0 Å². The van der Waals surface area contributed by atoms with Crippen LogP contribution in [0.15, 0.2) is 23.1 Å². The second kappa shape index (κ2) is 6.45. The van der Waals surface area contributed by atoms with Crippen LogP contribution in [-0.4, -0.2) is 45.3 Å². The van der Waals surface area contributed by atoms with Gasteiger partial charge in [0.2, 0.25) is 5.91 Å². The summed E-state index contributed by atoms with van der Waals surface area (Å²) < 4.78 is 25.8. The van der Waals surface area contributed by atoms with E-state index in [0.29, 0.717) is 16.5 Å². The molecule has 0 spiro atoms. The largest absolute Gasteiger partial charge is 0.480 e. The number of aliphatic carboxylic acids is 1. The van der Waals surface area contributed by atoms with Crippen molar-refractivity contribution in [2.45, 2.75) is 10.9 Å². The van der Waals surface area contributed by atoms with Gasteiger partial charge >= 0.3 is 5.97 Å². The van der Waals surface area contributed by atoms with Crippen LogP contribution in [0.3, 0.4) is 0 Å². The number of hydrogen-bond acceptors (Lipinski definition) is 4.